The Morgan fingerprint density at radius 3 is 2.27 bits per heavy atom. The van der Waals surface area contributed by atoms with Gasteiger partial charge < -0.3 is 5.11 Å². The summed E-state index contributed by atoms with van der Waals surface area (Å²) in [5.74, 6) is -0.161. The number of benzene rings is 4. The summed E-state index contributed by atoms with van der Waals surface area (Å²) in [5, 5.41) is 18.1. The minimum atomic E-state index is -4.63. The average Bonchev–Trinajstić information content (AvgIpc) is 3.04. The van der Waals surface area contributed by atoms with E-state index in [1.807, 2.05) is 49.4 Å². The molecule has 0 aliphatic heterocycles. The molecule has 0 saturated carbocycles. The van der Waals surface area contributed by atoms with Crippen LogP contribution in [0.4, 0.5) is 13.2 Å². The Hall–Kier alpha value is -5.48. The SMILES string of the molecule is Cc1ccc(C2=CC(=O)Cc3ccc4c(c32)CC(c2ccc(O)cc2)(C(F)(F)F)c2ccccc2-4)cc1.N#Cc1cccnc1. The van der Waals surface area contributed by atoms with Gasteiger partial charge in [-0.3, -0.25) is 9.78 Å². The van der Waals surface area contributed by atoms with Crippen LogP contribution >= 0.6 is 0 Å². The number of aromatic nitrogens is 1. The van der Waals surface area contributed by atoms with E-state index in [1.165, 1.54) is 30.5 Å². The molecule has 0 spiro atoms. The Morgan fingerprint density at radius 2 is 1.62 bits per heavy atom. The maximum absolute atomic E-state index is 15.4. The van der Waals surface area contributed by atoms with Crippen molar-refractivity contribution < 1.29 is 23.1 Å². The second-order valence-electron chi connectivity index (χ2n) is 11.2. The lowest BCUT2D eigenvalue weighted by Crippen LogP contribution is -2.47. The van der Waals surface area contributed by atoms with E-state index in [4.69, 9.17) is 5.26 Å². The van der Waals surface area contributed by atoms with Crippen molar-refractivity contribution in [3.05, 3.63) is 160 Å². The number of hydrogen-bond acceptors (Lipinski definition) is 4. The van der Waals surface area contributed by atoms with Crippen LogP contribution in [0.1, 0.15) is 44.5 Å². The zero-order valence-electron chi connectivity index (χ0n) is 24.3. The first-order chi connectivity index (χ1) is 21.6. The number of nitriles is 1. The number of aryl methyl sites for hydroxylation is 1. The molecule has 1 N–H and O–H groups in total. The predicted octanol–water partition coefficient (Wildman–Crippen LogP) is 8.28. The van der Waals surface area contributed by atoms with Crippen molar-refractivity contribution in [2.75, 3.05) is 0 Å². The summed E-state index contributed by atoms with van der Waals surface area (Å²) < 4.78 is 46.1. The number of phenols is 1. The van der Waals surface area contributed by atoms with Crippen LogP contribution in [-0.4, -0.2) is 22.1 Å². The summed E-state index contributed by atoms with van der Waals surface area (Å²) in [6.07, 6.45) is -0.0464. The Bertz CT molecular complexity index is 1970. The average molecular weight is 601 g/mol. The van der Waals surface area contributed by atoms with E-state index < -0.39 is 11.6 Å². The zero-order chi connectivity index (χ0) is 31.8. The van der Waals surface area contributed by atoms with Gasteiger partial charge >= 0.3 is 6.18 Å². The molecule has 2 aliphatic carbocycles. The molecule has 4 aromatic carbocycles. The molecular weight excluding hydrogens is 573 g/mol. The second kappa shape index (κ2) is 11.5. The minimum absolute atomic E-state index is 0.0696. The monoisotopic (exact) mass is 600 g/mol. The number of pyridine rings is 1. The number of carbonyl (C=O) groups is 1. The topological polar surface area (TPSA) is 74.0 Å². The van der Waals surface area contributed by atoms with Crippen LogP contribution in [0.25, 0.3) is 16.7 Å². The van der Waals surface area contributed by atoms with Gasteiger partial charge in [0, 0.05) is 18.8 Å². The Kier molecular flexibility index (Phi) is 7.59. The quantitative estimate of drug-likeness (QED) is 0.221. The fraction of sp³-hybridized carbons (Fsp3) is 0.132. The second-order valence-corrected chi connectivity index (χ2v) is 11.2. The molecule has 0 bridgehead atoms. The predicted molar refractivity (Wildman–Crippen MR) is 166 cm³/mol. The number of fused-ring (bicyclic) bond motifs is 5. The third kappa shape index (κ3) is 5.29. The number of hydrogen-bond donors (Lipinski definition) is 1. The molecule has 0 fully saturated rings. The summed E-state index contributed by atoms with van der Waals surface area (Å²) in [5.41, 5.74) is 4.36. The van der Waals surface area contributed by atoms with Crippen molar-refractivity contribution in [1.29, 1.82) is 5.26 Å². The summed E-state index contributed by atoms with van der Waals surface area (Å²) in [4.78, 5) is 16.4. The van der Waals surface area contributed by atoms with Gasteiger partial charge in [-0.05, 0) is 93.8 Å². The highest BCUT2D eigenvalue weighted by Crippen LogP contribution is 2.56. The highest BCUT2D eigenvalue weighted by atomic mass is 19.4. The van der Waals surface area contributed by atoms with Crippen molar-refractivity contribution in [3.63, 3.8) is 0 Å². The first-order valence-corrected chi connectivity index (χ1v) is 14.4. The lowest BCUT2D eigenvalue weighted by Gasteiger charge is -2.43. The Labute approximate surface area is 258 Å². The molecule has 1 unspecified atom stereocenters. The Morgan fingerprint density at radius 1 is 0.889 bits per heavy atom. The van der Waals surface area contributed by atoms with Gasteiger partial charge in [0.15, 0.2) is 5.78 Å². The Balaban J connectivity index is 0.000000390. The summed E-state index contributed by atoms with van der Waals surface area (Å²) in [6.45, 7) is 1.96. The van der Waals surface area contributed by atoms with Crippen LogP contribution in [0.15, 0.2) is 116 Å². The zero-order valence-corrected chi connectivity index (χ0v) is 24.3. The maximum atomic E-state index is 15.4. The molecule has 0 amide bonds. The van der Waals surface area contributed by atoms with E-state index in [0.29, 0.717) is 27.8 Å². The van der Waals surface area contributed by atoms with Crippen molar-refractivity contribution in [2.45, 2.75) is 31.4 Å². The molecule has 7 heteroatoms. The van der Waals surface area contributed by atoms with E-state index >= 15 is 13.2 Å². The van der Waals surface area contributed by atoms with E-state index in [1.54, 1.807) is 48.7 Å². The number of phenolic OH excluding ortho intramolecular Hbond substituents is 1. The van der Waals surface area contributed by atoms with Crippen LogP contribution in [0.5, 0.6) is 5.75 Å². The minimum Gasteiger partial charge on any atom is -0.508 e. The molecule has 1 heterocycles. The molecule has 2 aliphatic rings. The maximum Gasteiger partial charge on any atom is 0.402 e. The van der Waals surface area contributed by atoms with E-state index in [0.717, 1.165) is 22.3 Å². The highest BCUT2D eigenvalue weighted by Gasteiger charge is 2.59. The van der Waals surface area contributed by atoms with E-state index in [-0.39, 0.29) is 35.5 Å². The van der Waals surface area contributed by atoms with Gasteiger partial charge in [-0.2, -0.15) is 18.4 Å². The van der Waals surface area contributed by atoms with Crippen LogP contribution in [0.3, 0.4) is 0 Å². The largest absolute Gasteiger partial charge is 0.508 e. The number of aromatic hydroxyl groups is 1. The third-order valence-electron chi connectivity index (χ3n) is 8.45. The summed E-state index contributed by atoms with van der Waals surface area (Å²) >= 11 is 0. The highest BCUT2D eigenvalue weighted by molar-refractivity contribution is 6.06. The van der Waals surface area contributed by atoms with Crippen molar-refractivity contribution in [1.82, 2.24) is 4.98 Å². The fourth-order valence-corrected chi connectivity index (χ4v) is 6.35. The number of alkyl halides is 3. The van der Waals surface area contributed by atoms with Gasteiger partial charge in [0.05, 0.1) is 5.56 Å². The molecule has 45 heavy (non-hydrogen) atoms. The van der Waals surface area contributed by atoms with Gasteiger partial charge in [-0.1, -0.05) is 78.4 Å². The van der Waals surface area contributed by atoms with Crippen molar-refractivity contribution in [2.24, 2.45) is 0 Å². The summed E-state index contributed by atoms with van der Waals surface area (Å²) in [7, 11) is 0. The number of carbonyl (C=O) groups excluding carboxylic acids is 1. The van der Waals surface area contributed by atoms with Gasteiger partial charge in [-0.25, -0.2) is 0 Å². The molecule has 1 aromatic heterocycles. The molecule has 0 radical (unpaired) electrons. The molecule has 222 valence electrons. The first-order valence-electron chi connectivity index (χ1n) is 14.4. The van der Waals surface area contributed by atoms with Crippen LogP contribution in [0.2, 0.25) is 0 Å². The van der Waals surface area contributed by atoms with Gasteiger partial charge in [0.2, 0.25) is 0 Å². The van der Waals surface area contributed by atoms with Crippen molar-refractivity contribution >= 4 is 11.4 Å². The molecule has 0 saturated heterocycles. The van der Waals surface area contributed by atoms with Gasteiger partial charge in [-0.15, -0.1) is 0 Å². The molecule has 1 atom stereocenters. The van der Waals surface area contributed by atoms with E-state index in [2.05, 4.69) is 4.98 Å². The van der Waals surface area contributed by atoms with Crippen LogP contribution in [0, 0.1) is 18.3 Å². The molecule has 4 nitrogen and oxygen atoms in total. The number of rotatable bonds is 2. The van der Waals surface area contributed by atoms with Crippen LogP contribution < -0.4 is 0 Å². The summed E-state index contributed by atoms with van der Waals surface area (Å²) in [6, 6.07) is 28.9. The number of nitrogens with zero attached hydrogens (tertiary/aromatic N) is 2. The van der Waals surface area contributed by atoms with Gasteiger partial charge in [0.1, 0.15) is 17.2 Å². The smallest absolute Gasteiger partial charge is 0.402 e. The lowest BCUT2D eigenvalue weighted by molar-refractivity contribution is -0.178. The lowest BCUT2D eigenvalue weighted by atomic mass is 9.62. The van der Waals surface area contributed by atoms with Gasteiger partial charge in [0.25, 0.3) is 0 Å². The molecule has 7 rings (SSSR count). The number of allylic oxidation sites excluding steroid dienone is 1. The standard InChI is InChI=1S/C32H23F3O2.C6H4N2/c1-19-6-8-20(9-7-19)27-17-24(37)16-21-10-15-25-26-4-2-3-5-29(26)31(32(33,34)35,18-28(25)30(21)27)22-11-13-23(36)14-12-22;7-4-6-2-1-3-8-5-6/h2-15,17,36H,16,18H2,1H3;1-3,5H. The number of halogens is 3. The molecule has 5 aromatic rings. The van der Waals surface area contributed by atoms with Crippen LogP contribution in [-0.2, 0) is 23.1 Å². The van der Waals surface area contributed by atoms with E-state index in [9.17, 15) is 9.90 Å². The normalized spacial score (nSPS) is 16.6. The van der Waals surface area contributed by atoms with Crippen molar-refractivity contribution in [3.8, 4) is 22.9 Å². The molecular formula is C38H27F3N2O2. The fourth-order valence-electron chi connectivity index (χ4n) is 6.35. The third-order valence-corrected chi connectivity index (χ3v) is 8.45. The number of ketones is 1. The first kappa shape index (κ1) is 29.6.